The summed E-state index contributed by atoms with van der Waals surface area (Å²) in [5, 5.41) is 0. The van der Waals surface area contributed by atoms with Crippen LogP contribution in [0.15, 0.2) is 42.9 Å². The van der Waals surface area contributed by atoms with Crippen molar-refractivity contribution in [1.29, 1.82) is 0 Å². The maximum atomic E-state index is 13.1. The van der Waals surface area contributed by atoms with Gasteiger partial charge in [0.15, 0.2) is 0 Å². The third-order valence-electron chi connectivity index (χ3n) is 5.44. The van der Waals surface area contributed by atoms with Crippen molar-refractivity contribution in [2.75, 3.05) is 13.2 Å². The van der Waals surface area contributed by atoms with Crippen LogP contribution in [0.25, 0.3) is 0 Å². The summed E-state index contributed by atoms with van der Waals surface area (Å²) in [6, 6.07) is 7.74. The van der Waals surface area contributed by atoms with E-state index in [9.17, 15) is 4.79 Å². The fraction of sp³-hybridized carbons (Fsp3) is 0.476. The van der Waals surface area contributed by atoms with Crippen LogP contribution in [0.2, 0.25) is 0 Å². The van der Waals surface area contributed by atoms with E-state index in [4.69, 9.17) is 9.47 Å². The number of fused-ring (bicyclic) bond motifs is 2. The van der Waals surface area contributed by atoms with Gasteiger partial charge in [-0.25, -0.2) is 0 Å². The van der Waals surface area contributed by atoms with E-state index in [1.165, 1.54) is 0 Å². The Balaban J connectivity index is 1.50. The molecule has 3 atom stereocenters. The number of carbonyl (C=O) groups is 1. The first-order valence-corrected chi connectivity index (χ1v) is 9.64. The normalized spacial score (nSPS) is 24.6. The van der Waals surface area contributed by atoms with E-state index in [-0.39, 0.29) is 24.2 Å². The largest absolute Gasteiger partial charge is 0.374 e. The lowest BCUT2D eigenvalue weighted by Crippen LogP contribution is -2.46. The molecule has 1 saturated carbocycles. The molecule has 1 amide bonds. The molecule has 0 unspecified atom stereocenters. The molecule has 4 rings (SSSR count). The maximum absolute atomic E-state index is 13.1. The molecule has 0 radical (unpaired) electrons. The van der Waals surface area contributed by atoms with Crippen LogP contribution >= 0.6 is 0 Å². The van der Waals surface area contributed by atoms with Gasteiger partial charge in [-0.3, -0.25) is 14.8 Å². The summed E-state index contributed by atoms with van der Waals surface area (Å²) in [6.07, 6.45) is 7.84. The van der Waals surface area contributed by atoms with E-state index in [1.807, 2.05) is 29.2 Å². The summed E-state index contributed by atoms with van der Waals surface area (Å²) >= 11 is 0. The van der Waals surface area contributed by atoms with Crippen molar-refractivity contribution in [3.63, 3.8) is 0 Å². The van der Waals surface area contributed by atoms with E-state index in [1.54, 1.807) is 18.6 Å². The standard InChI is InChI=1S/C21H25N3O3/c1-2-17-4-3-16(13-23-17)21(25)24-11-12-26-19-6-5-18(24)20(19)27-14-15-7-9-22-10-8-15/h3-4,7-10,13,18-20H,2,5-6,11-12,14H2,1H3/t18-,19-,20+/m0/s1. The summed E-state index contributed by atoms with van der Waals surface area (Å²) < 4.78 is 12.2. The summed E-state index contributed by atoms with van der Waals surface area (Å²) in [6.45, 7) is 3.69. The van der Waals surface area contributed by atoms with Crippen LogP contribution in [0.3, 0.4) is 0 Å². The third-order valence-corrected chi connectivity index (χ3v) is 5.44. The lowest BCUT2D eigenvalue weighted by molar-refractivity contribution is -0.0597. The molecule has 2 aromatic rings. The lowest BCUT2D eigenvalue weighted by Gasteiger charge is -2.31. The fourth-order valence-electron chi connectivity index (χ4n) is 3.96. The smallest absolute Gasteiger partial charge is 0.255 e. The van der Waals surface area contributed by atoms with Gasteiger partial charge in [0, 0.05) is 30.8 Å². The minimum atomic E-state index is -0.104. The van der Waals surface area contributed by atoms with E-state index in [2.05, 4.69) is 16.9 Å². The fourth-order valence-corrected chi connectivity index (χ4v) is 3.96. The Morgan fingerprint density at radius 3 is 2.85 bits per heavy atom. The second kappa shape index (κ2) is 8.15. The number of pyridine rings is 2. The van der Waals surface area contributed by atoms with E-state index < -0.39 is 0 Å². The number of ether oxygens (including phenoxy) is 2. The molecule has 2 aliphatic rings. The minimum absolute atomic E-state index is 0.0128. The number of carbonyl (C=O) groups excluding carboxylic acids is 1. The van der Waals surface area contributed by atoms with Crippen molar-refractivity contribution >= 4 is 5.91 Å². The second-order valence-corrected chi connectivity index (χ2v) is 7.08. The Morgan fingerprint density at radius 2 is 2.11 bits per heavy atom. The van der Waals surface area contributed by atoms with Crippen molar-refractivity contribution in [3.05, 3.63) is 59.7 Å². The zero-order valence-corrected chi connectivity index (χ0v) is 15.6. The monoisotopic (exact) mass is 367 g/mol. The number of hydrogen-bond acceptors (Lipinski definition) is 5. The molecule has 1 aliphatic heterocycles. The highest BCUT2D eigenvalue weighted by Crippen LogP contribution is 2.33. The first-order valence-electron chi connectivity index (χ1n) is 9.64. The number of nitrogens with zero attached hydrogens (tertiary/aromatic N) is 3. The number of rotatable bonds is 5. The van der Waals surface area contributed by atoms with Crippen molar-refractivity contribution in [2.45, 2.75) is 51.0 Å². The van der Waals surface area contributed by atoms with Gasteiger partial charge in [-0.15, -0.1) is 0 Å². The highest BCUT2D eigenvalue weighted by Gasteiger charge is 2.44. The lowest BCUT2D eigenvalue weighted by atomic mass is 10.1. The Morgan fingerprint density at radius 1 is 1.26 bits per heavy atom. The van der Waals surface area contributed by atoms with Gasteiger partial charge in [0.05, 0.1) is 30.9 Å². The van der Waals surface area contributed by atoms with Gasteiger partial charge in [0.1, 0.15) is 6.10 Å². The van der Waals surface area contributed by atoms with Gasteiger partial charge in [-0.1, -0.05) is 6.92 Å². The van der Waals surface area contributed by atoms with Crippen molar-refractivity contribution in [2.24, 2.45) is 0 Å². The molecular formula is C21H25N3O3. The van der Waals surface area contributed by atoms with Gasteiger partial charge >= 0.3 is 0 Å². The number of aromatic nitrogens is 2. The molecule has 1 saturated heterocycles. The quantitative estimate of drug-likeness (QED) is 0.813. The van der Waals surface area contributed by atoms with Gasteiger partial charge in [-0.2, -0.15) is 0 Å². The minimum Gasteiger partial charge on any atom is -0.374 e. The average Bonchev–Trinajstić information content (AvgIpc) is 3.02. The zero-order chi connectivity index (χ0) is 18.6. The van der Waals surface area contributed by atoms with Crippen molar-refractivity contribution in [1.82, 2.24) is 14.9 Å². The molecule has 0 aromatic carbocycles. The van der Waals surface area contributed by atoms with Crippen LogP contribution in [0.4, 0.5) is 0 Å². The molecule has 142 valence electrons. The molecule has 27 heavy (non-hydrogen) atoms. The molecule has 2 fully saturated rings. The zero-order valence-electron chi connectivity index (χ0n) is 15.6. The predicted octanol–water partition coefficient (Wildman–Crippen LogP) is 2.63. The van der Waals surface area contributed by atoms with Crippen LogP contribution in [0, 0.1) is 0 Å². The number of amides is 1. The molecule has 6 nitrogen and oxygen atoms in total. The van der Waals surface area contributed by atoms with Gasteiger partial charge < -0.3 is 14.4 Å². The summed E-state index contributed by atoms with van der Waals surface area (Å²) in [5.74, 6) is 0.0128. The molecule has 2 bridgehead atoms. The predicted molar refractivity (Wildman–Crippen MR) is 100 cm³/mol. The first-order chi connectivity index (χ1) is 13.3. The van der Waals surface area contributed by atoms with Gasteiger partial charge in [0.2, 0.25) is 0 Å². The summed E-state index contributed by atoms with van der Waals surface area (Å²) in [4.78, 5) is 23.5. The molecule has 3 heterocycles. The van der Waals surface area contributed by atoms with Crippen LogP contribution in [0.1, 0.15) is 41.4 Å². The van der Waals surface area contributed by atoms with Crippen LogP contribution in [-0.2, 0) is 22.5 Å². The Kier molecular flexibility index (Phi) is 5.45. The molecule has 2 aromatic heterocycles. The highest BCUT2D eigenvalue weighted by atomic mass is 16.5. The Hall–Kier alpha value is -2.31. The van der Waals surface area contributed by atoms with E-state index >= 15 is 0 Å². The molecule has 0 spiro atoms. The molecular weight excluding hydrogens is 342 g/mol. The molecule has 1 aliphatic carbocycles. The maximum Gasteiger partial charge on any atom is 0.255 e. The number of aryl methyl sites for hydroxylation is 1. The average molecular weight is 367 g/mol. The Bertz CT molecular complexity index is 766. The van der Waals surface area contributed by atoms with E-state index in [0.717, 1.165) is 30.5 Å². The second-order valence-electron chi connectivity index (χ2n) is 7.08. The topological polar surface area (TPSA) is 64.6 Å². The summed E-state index contributed by atoms with van der Waals surface area (Å²) in [7, 11) is 0. The van der Waals surface area contributed by atoms with E-state index in [0.29, 0.717) is 25.3 Å². The van der Waals surface area contributed by atoms with Crippen LogP contribution in [0.5, 0.6) is 0 Å². The first kappa shape index (κ1) is 18.1. The number of hydrogen-bond donors (Lipinski definition) is 0. The van der Waals surface area contributed by atoms with Crippen LogP contribution < -0.4 is 0 Å². The summed E-state index contributed by atoms with van der Waals surface area (Å²) in [5.41, 5.74) is 2.70. The van der Waals surface area contributed by atoms with Crippen molar-refractivity contribution < 1.29 is 14.3 Å². The van der Waals surface area contributed by atoms with Gasteiger partial charge in [-0.05, 0) is 49.1 Å². The van der Waals surface area contributed by atoms with Crippen molar-refractivity contribution in [3.8, 4) is 0 Å². The Labute approximate surface area is 159 Å². The third kappa shape index (κ3) is 3.87. The SMILES string of the molecule is CCc1ccc(C(=O)N2CCO[C@H]3CC[C@H]2[C@H]3OCc2ccncc2)cn1. The molecule has 0 N–H and O–H groups in total. The highest BCUT2D eigenvalue weighted by molar-refractivity contribution is 5.94. The van der Waals surface area contributed by atoms with Gasteiger partial charge in [0.25, 0.3) is 5.91 Å². The molecule has 6 heteroatoms. The van der Waals surface area contributed by atoms with Crippen LogP contribution in [-0.4, -0.2) is 52.2 Å².